The lowest BCUT2D eigenvalue weighted by Gasteiger charge is -2.28. The van der Waals surface area contributed by atoms with Crippen LogP contribution in [0.5, 0.6) is 0 Å². The molecule has 1 atom stereocenters. The van der Waals surface area contributed by atoms with Crippen LogP contribution in [0.15, 0.2) is 0 Å². The monoisotopic (exact) mass is 145 g/mol. The second-order valence-corrected chi connectivity index (χ2v) is 2.57. The van der Waals surface area contributed by atoms with E-state index in [1.165, 1.54) is 0 Å². The molecule has 0 aromatic heterocycles. The normalized spacial score (nSPS) is 26.5. The van der Waals surface area contributed by atoms with Crippen molar-refractivity contribution in [3.63, 3.8) is 0 Å². The second-order valence-electron chi connectivity index (χ2n) is 2.57. The van der Waals surface area contributed by atoms with Gasteiger partial charge in [0.1, 0.15) is 6.17 Å². The third-order valence-corrected chi connectivity index (χ3v) is 1.70. The quantitative estimate of drug-likeness (QED) is 0.381. The number of guanidine groups is 1. The number of likely N-dealkylation sites (tertiary alicyclic amines) is 1. The number of halogens is 1. The van der Waals surface area contributed by atoms with Crippen LogP contribution in [-0.4, -0.2) is 30.1 Å². The maximum Gasteiger partial charge on any atom is 0.188 e. The minimum absolute atomic E-state index is 0.0117. The van der Waals surface area contributed by atoms with E-state index in [0.29, 0.717) is 13.0 Å². The van der Waals surface area contributed by atoms with Gasteiger partial charge in [-0.05, 0) is 12.8 Å². The molecule has 1 aliphatic heterocycles. The molecule has 0 saturated carbocycles. The fourth-order valence-electron chi connectivity index (χ4n) is 1.14. The standard InChI is InChI=1S/C6H12FN3/c7-5-2-1-3-10(4-5)6(8)9/h5H,1-4H2,(H3,8,9). The molecule has 1 saturated heterocycles. The van der Waals surface area contributed by atoms with E-state index < -0.39 is 6.17 Å². The van der Waals surface area contributed by atoms with Crippen LogP contribution < -0.4 is 5.73 Å². The molecule has 0 radical (unpaired) electrons. The number of rotatable bonds is 0. The highest BCUT2D eigenvalue weighted by atomic mass is 19.1. The predicted molar refractivity (Wildman–Crippen MR) is 37.6 cm³/mol. The van der Waals surface area contributed by atoms with Crippen LogP contribution in [0, 0.1) is 5.41 Å². The molecule has 0 aliphatic carbocycles. The summed E-state index contributed by atoms with van der Waals surface area (Å²) in [5.74, 6) is -0.0117. The Morgan fingerprint density at radius 2 is 2.40 bits per heavy atom. The van der Waals surface area contributed by atoms with Gasteiger partial charge < -0.3 is 10.6 Å². The molecule has 0 bridgehead atoms. The van der Waals surface area contributed by atoms with E-state index in [4.69, 9.17) is 11.1 Å². The first-order valence-electron chi connectivity index (χ1n) is 3.43. The van der Waals surface area contributed by atoms with Crippen LogP contribution in [0.4, 0.5) is 4.39 Å². The Hall–Kier alpha value is -0.800. The summed E-state index contributed by atoms with van der Waals surface area (Å²) >= 11 is 0. The number of alkyl halides is 1. The van der Waals surface area contributed by atoms with Gasteiger partial charge in [-0.3, -0.25) is 5.41 Å². The minimum atomic E-state index is -0.794. The third-order valence-electron chi connectivity index (χ3n) is 1.70. The van der Waals surface area contributed by atoms with Crippen molar-refractivity contribution in [3.05, 3.63) is 0 Å². The van der Waals surface area contributed by atoms with Crippen LogP contribution >= 0.6 is 0 Å². The fraction of sp³-hybridized carbons (Fsp3) is 0.833. The van der Waals surface area contributed by atoms with Crippen LogP contribution in [0.3, 0.4) is 0 Å². The molecule has 3 nitrogen and oxygen atoms in total. The predicted octanol–water partition coefficient (Wildman–Crippen LogP) is 0.314. The number of nitrogens with zero attached hydrogens (tertiary/aromatic N) is 1. The van der Waals surface area contributed by atoms with Gasteiger partial charge in [-0.25, -0.2) is 4.39 Å². The number of nitrogens with one attached hydrogen (secondary N) is 1. The van der Waals surface area contributed by atoms with Gasteiger partial charge in [0.2, 0.25) is 0 Å². The summed E-state index contributed by atoms with van der Waals surface area (Å²) in [6.07, 6.45) is 0.627. The lowest BCUT2D eigenvalue weighted by Crippen LogP contribution is -2.44. The smallest absolute Gasteiger partial charge is 0.188 e. The molecule has 1 rings (SSSR count). The topological polar surface area (TPSA) is 53.1 Å². The third kappa shape index (κ3) is 1.59. The fourth-order valence-corrected chi connectivity index (χ4v) is 1.14. The SMILES string of the molecule is N=C(N)N1CCCC(F)C1. The Morgan fingerprint density at radius 1 is 1.70 bits per heavy atom. The highest BCUT2D eigenvalue weighted by Gasteiger charge is 2.19. The number of piperidine rings is 1. The second kappa shape index (κ2) is 2.86. The number of hydrogen-bond acceptors (Lipinski definition) is 1. The molecule has 3 N–H and O–H groups in total. The van der Waals surface area contributed by atoms with Gasteiger partial charge in [-0.2, -0.15) is 0 Å². The summed E-state index contributed by atoms with van der Waals surface area (Å²) in [5, 5.41) is 7.02. The first-order chi connectivity index (χ1) is 4.70. The Labute approximate surface area is 59.5 Å². The van der Waals surface area contributed by atoms with E-state index in [2.05, 4.69) is 0 Å². The van der Waals surface area contributed by atoms with E-state index in [0.717, 1.165) is 13.0 Å². The van der Waals surface area contributed by atoms with Crippen molar-refractivity contribution in [1.29, 1.82) is 5.41 Å². The van der Waals surface area contributed by atoms with Gasteiger partial charge in [0.25, 0.3) is 0 Å². The molecule has 1 aliphatic rings. The summed E-state index contributed by atoms with van der Waals surface area (Å²) < 4.78 is 12.6. The zero-order chi connectivity index (χ0) is 7.56. The van der Waals surface area contributed by atoms with Gasteiger partial charge >= 0.3 is 0 Å². The molecule has 1 unspecified atom stereocenters. The van der Waals surface area contributed by atoms with Crippen molar-refractivity contribution in [2.45, 2.75) is 19.0 Å². The van der Waals surface area contributed by atoms with Gasteiger partial charge in [0, 0.05) is 6.54 Å². The van der Waals surface area contributed by atoms with E-state index in [-0.39, 0.29) is 5.96 Å². The average Bonchev–Trinajstić information content (AvgIpc) is 1.88. The van der Waals surface area contributed by atoms with Crippen LogP contribution in [-0.2, 0) is 0 Å². The molecule has 1 heterocycles. The molecule has 4 heteroatoms. The molecule has 0 spiro atoms. The summed E-state index contributed by atoms with van der Waals surface area (Å²) in [7, 11) is 0. The van der Waals surface area contributed by atoms with E-state index in [1.54, 1.807) is 4.90 Å². The lowest BCUT2D eigenvalue weighted by molar-refractivity contribution is 0.194. The van der Waals surface area contributed by atoms with Gasteiger partial charge in [-0.15, -0.1) is 0 Å². The molecule has 0 amide bonds. The van der Waals surface area contributed by atoms with Crippen LogP contribution in [0.1, 0.15) is 12.8 Å². The summed E-state index contributed by atoms with van der Waals surface area (Å²) in [4.78, 5) is 1.56. The number of nitrogens with two attached hydrogens (primary N) is 1. The van der Waals surface area contributed by atoms with Crippen molar-refractivity contribution >= 4 is 5.96 Å². The first-order valence-corrected chi connectivity index (χ1v) is 3.43. The van der Waals surface area contributed by atoms with Crippen molar-refractivity contribution in [2.24, 2.45) is 5.73 Å². The molecule has 0 aromatic rings. The van der Waals surface area contributed by atoms with Crippen LogP contribution in [0.25, 0.3) is 0 Å². The molecule has 0 aromatic carbocycles. The zero-order valence-corrected chi connectivity index (χ0v) is 5.81. The van der Waals surface area contributed by atoms with E-state index >= 15 is 0 Å². The largest absolute Gasteiger partial charge is 0.370 e. The van der Waals surface area contributed by atoms with Gasteiger partial charge in [-0.1, -0.05) is 0 Å². The van der Waals surface area contributed by atoms with Crippen molar-refractivity contribution in [1.82, 2.24) is 4.90 Å². The highest BCUT2D eigenvalue weighted by Crippen LogP contribution is 2.11. The van der Waals surface area contributed by atoms with Crippen molar-refractivity contribution in [2.75, 3.05) is 13.1 Å². The molecular weight excluding hydrogens is 133 g/mol. The van der Waals surface area contributed by atoms with Gasteiger partial charge in [0.05, 0.1) is 6.54 Å². The summed E-state index contributed by atoms with van der Waals surface area (Å²) in [5.41, 5.74) is 5.17. The maximum atomic E-state index is 12.6. The lowest BCUT2D eigenvalue weighted by atomic mass is 10.1. The molecular formula is C6H12FN3. The van der Waals surface area contributed by atoms with Gasteiger partial charge in [0.15, 0.2) is 5.96 Å². The Balaban J connectivity index is 2.39. The Bertz CT molecular complexity index is 137. The van der Waals surface area contributed by atoms with E-state index in [9.17, 15) is 4.39 Å². The van der Waals surface area contributed by atoms with Crippen molar-refractivity contribution < 1.29 is 4.39 Å². The minimum Gasteiger partial charge on any atom is -0.370 e. The van der Waals surface area contributed by atoms with Crippen LogP contribution in [0.2, 0.25) is 0 Å². The first kappa shape index (κ1) is 7.31. The molecule has 58 valence electrons. The summed E-state index contributed by atoms with van der Waals surface area (Å²) in [6.45, 7) is 1.03. The van der Waals surface area contributed by atoms with Crippen molar-refractivity contribution in [3.8, 4) is 0 Å². The average molecular weight is 145 g/mol. The molecule has 1 fully saturated rings. The Morgan fingerprint density at radius 3 is 2.80 bits per heavy atom. The maximum absolute atomic E-state index is 12.6. The zero-order valence-electron chi connectivity index (χ0n) is 5.81. The Kier molecular flexibility index (Phi) is 2.09. The highest BCUT2D eigenvalue weighted by molar-refractivity contribution is 5.74. The molecule has 10 heavy (non-hydrogen) atoms. The number of hydrogen-bond donors (Lipinski definition) is 2. The summed E-state index contributed by atoms with van der Waals surface area (Å²) in [6, 6.07) is 0. The van der Waals surface area contributed by atoms with E-state index in [1.807, 2.05) is 0 Å².